The normalized spacial score (nSPS) is 12.9. The van der Waals surface area contributed by atoms with Crippen LogP contribution in [0.4, 0.5) is 10.3 Å². The number of nitrogens with zero attached hydrogens (tertiary/aromatic N) is 4. The summed E-state index contributed by atoms with van der Waals surface area (Å²) in [5, 5.41) is 18.1. The van der Waals surface area contributed by atoms with Gasteiger partial charge in [-0.25, -0.2) is 4.79 Å². The Balaban J connectivity index is 0.000000168. The van der Waals surface area contributed by atoms with E-state index < -0.39 is 5.97 Å². The summed E-state index contributed by atoms with van der Waals surface area (Å²) >= 11 is 2.13. The molecule has 124 valence electrons. The predicted molar refractivity (Wildman–Crippen MR) is 85.1 cm³/mol. The molecule has 1 fully saturated rings. The second-order valence-electron chi connectivity index (χ2n) is 4.36. The minimum Gasteiger partial charge on any atom is -0.461 e. The van der Waals surface area contributed by atoms with E-state index in [0.29, 0.717) is 22.8 Å². The van der Waals surface area contributed by atoms with Gasteiger partial charge in [0.25, 0.3) is 5.91 Å². The zero-order valence-corrected chi connectivity index (χ0v) is 13.8. The molecule has 0 unspecified atom stereocenters. The van der Waals surface area contributed by atoms with Crippen LogP contribution >= 0.6 is 22.7 Å². The number of carbonyl (C=O) groups is 2. The number of nitrogens with one attached hydrogen (secondary N) is 1. The van der Waals surface area contributed by atoms with Crippen LogP contribution in [0.25, 0.3) is 0 Å². The maximum Gasteiger partial charge on any atom is 0.369 e. The number of rotatable bonds is 4. The first-order valence-electron chi connectivity index (χ1n) is 6.65. The Bertz CT molecular complexity index is 683. The van der Waals surface area contributed by atoms with Gasteiger partial charge < -0.3 is 21.5 Å². The lowest BCUT2D eigenvalue weighted by molar-refractivity contribution is 0.0525. The quantitative estimate of drug-likeness (QED) is 0.654. The number of nitrogens with two attached hydrogens (primary N) is 2. The van der Waals surface area contributed by atoms with Crippen LogP contribution in [-0.4, -0.2) is 44.9 Å². The van der Waals surface area contributed by atoms with Crippen LogP contribution in [0.5, 0.6) is 0 Å². The minimum absolute atomic E-state index is 0.160. The third-order valence-electron chi connectivity index (χ3n) is 2.44. The number of hydrogen-bond acceptors (Lipinski definition) is 11. The van der Waals surface area contributed by atoms with Gasteiger partial charge >= 0.3 is 5.97 Å². The van der Waals surface area contributed by atoms with Crippen LogP contribution in [0.3, 0.4) is 0 Å². The summed E-state index contributed by atoms with van der Waals surface area (Å²) in [6.45, 7) is 2.06. The van der Waals surface area contributed by atoms with E-state index in [0.717, 1.165) is 35.5 Å². The number of hydrogen-bond donors (Lipinski definition) is 3. The summed E-state index contributed by atoms with van der Waals surface area (Å²) in [7, 11) is 0. The van der Waals surface area contributed by atoms with E-state index in [1.54, 1.807) is 6.92 Å². The van der Waals surface area contributed by atoms with Crippen LogP contribution < -0.4 is 16.8 Å². The molecule has 0 radical (unpaired) electrons. The summed E-state index contributed by atoms with van der Waals surface area (Å²) < 4.78 is 4.65. The molecule has 5 N–H and O–H groups in total. The van der Waals surface area contributed by atoms with Gasteiger partial charge in [0.15, 0.2) is 0 Å². The molecule has 3 rings (SSSR count). The summed E-state index contributed by atoms with van der Waals surface area (Å²) in [4.78, 5) is 22.1. The molecule has 1 amide bonds. The van der Waals surface area contributed by atoms with E-state index in [4.69, 9.17) is 11.5 Å². The molecule has 0 bridgehead atoms. The Labute approximate surface area is 139 Å². The predicted octanol–water partition coefficient (Wildman–Crippen LogP) is 0.309. The standard InChI is InChI=1S/C6H8N4OS.C5H7N3O2S/c7-6-10-9-5(12-6)4(11)8-3-1-2-3;1-2-10-4(9)3-7-8-5(6)11-3/h3H,1-2H2,(H2,7,10)(H,8,11);2H2,1H3,(H2,6,8). The first-order valence-corrected chi connectivity index (χ1v) is 8.28. The number of amides is 1. The lowest BCUT2D eigenvalue weighted by atomic mass is 10.6. The van der Waals surface area contributed by atoms with Gasteiger partial charge in [0.05, 0.1) is 6.61 Å². The molecule has 2 aromatic rings. The number of esters is 1. The van der Waals surface area contributed by atoms with Gasteiger partial charge in [-0.1, -0.05) is 22.7 Å². The van der Waals surface area contributed by atoms with Crippen molar-refractivity contribution in [3.05, 3.63) is 10.0 Å². The second-order valence-corrected chi connectivity index (χ2v) is 6.38. The van der Waals surface area contributed by atoms with Gasteiger partial charge in [0, 0.05) is 6.04 Å². The van der Waals surface area contributed by atoms with Crippen molar-refractivity contribution in [2.45, 2.75) is 25.8 Å². The SMILES string of the molecule is CCOC(=O)c1nnc(N)s1.Nc1nnc(C(=O)NC2CC2)s1. The number of carbonyl (C=O) groups excluding carboxylic acids is 2. The smallest absolute Gasteiger partial charge is 0.369 e. The number of ether oxygens (including phenoxy) is 1. The average Bonchev–Trinajstić information content (AvgIpc) is 3.03. The lowest BCUT2D eigenvalue weighted by Gasteiger charge is -1.96. The van der Waals surface area contributed by atoms with Crippen LogP contribution in [-0.2, 0) is 4.74 Å². The van der Waals surface area contributed by atoms with Crippen molar-refractivity contribution in [1.82, 2.24) is 25.7 Å². The van der Waals surface area contributed by atoms with Crippen molar-refractivity contribution in [1.29, 1.82) is 0 Å². The van der Waals surface area contributed by atoms with E-state index >= 15 is 0 Å². The first kappa shape index (κ1) is 17.0. The molecule has 23 heavy (non-hydrogen) atoms. The Morgan fingerprint density at radius 2 is 1.70 bits per heavy atom. The topological polar surface area (TPSA) is 159 Å². The van der Waals surface area contributed by atoms with Crippen LogP contribution in [0.1, 0.15) is 39.4 Å². The summed E-state index contributed by atoms with van der Waals surface area (Å²) in [5.41, 5.74) is 10.6. The molecule has 1 aliphatic carbocycles. The Morgan fingerprint density at radius 1 is 1.13 bits per heavy atom. The highest BCUT2D eigenvalue weighted by Crippen LogP contribution is 2.20. The summed E-state index contributed by atoms with van der Waals surface area (Å²) in [6.07, 6.45) is 2.14. The Kier molecular flexibility index (Phi) is 5.76. The summed E-state index contributed by atoms with van der Waals surface area (Å²) in [6, 6.07) is 0.350. The van der Waals surface area contributed by atoms with Gasteiger partial charge in [-0.3, -0.25) is 4.79 Å². The van der Waals surface area contributed by atoms with Crippen LogP contribution in [0.2, 0.25) is 0 Å². The molecule has 0 aromatic carbocycles. The van der Waals surface area contributed by atoms with E-state index in [2.05, 4.69) is 30.4 Å². The average molecular weight is 357 g/mol. The van der Waals surface area contributed by atoms with Gasteiger partial charge in [-0.15, -0.1) is 20.4 Å². The van der Waals surface area contributed by atoms with Gasteiger partial charge in [-0.2, -0.15) is 0 Å². The van der Waals surface area contributed by atoms with Crippen molar-refractivity contribution in [2.75, 3.05) is 18.1 Å². The van der Waals surface area contributed by atoms with Gasteiger partial charge in [0.2, 0.25) is 20.3 Å². The molecule has 2 aromatic heterocycles. The van der Waals surface area contributed by atoms with Crippen molar-refractivity contribution >= 4 is 44.8 Å². The number of aromatic nitrogens is 4. The molecule has 0 spiro atoms. The van der Waals surface area contributed by atoms with E-state index in [-0.39, 0.29) is 16.0 Å². The highest BCUT2D eigenvalue weighted by atomic mass is 32.1. The van der Waals surface area contributed by atoms with Crippen molar-refractivity contribution in [3.63, 3.8) is 0 Å². The van der Waals surface area contributed by atoms with Gasteiger partial charge in [-0.05, 0) is 19.8 Å². The molecule has 0 atom stereocenters. The van der Waals surface area contributed by atoms with Crippen molar-refractivity contribution in [2.24, 2.45) is 0 Å². The zero-order chi connectivity index (χ0) is 16.8. The molecular formula is C11H15N7O3S2. The largest absolute Gasteiger partial charge is 0.461 e. The fourth-order valence-electron chi connectivity index (χ4n) is 1.31. The highest BCUT2D eigenvalue weighted by molar-refractivity contribution is 7.17. The second kappa shape index (κ2) is 7.78. The number of nitrogen functional groups attached to an aromatic ring is 2. The molecule has 2 heterocycles. The van der Waals surface area contributed by atoms with E-state index in [1.165, 1.54) is 0 Å². The summed E-state index contributed by atoms with van der Waals surface area (Å²) in [5.74, 6) is -0.631. The molecule has 10 nitrogen and oxygen atoms in total. The first-order chi connectivity index (χ1) is 11.0. The fourth-order valence-corrected chi connectivity index (χ4v) is 2.33. The minimum atomic E-state index is -0.471. The van der Waals surface area contributed by atoms with Crippen LogP contribution in [0, 0.1) is 0 Å². The Hall–Kier alpha value is -2.34. The molecular weight excluding hydrogens is 342 g/mol. The number of anilines is 2. The van der Waals surface area contributed by atoms with Gasteiger partial charge in [0.1, 0.15) is 0 Å². The molecule has 0 aliphatic heterocycles. The molecule has 0 saturated heterocycles. The highest BCUT2D eigenvalue weighted by Gasteiger charge is 2.25. The van der Waals surface area contributed by atoms with Crippen molar-refractivity contribution < 1.29 is 14.3 Å². The van der Waals surface area contributed by atoms with Crippen LogP contribution in [0.15, 0.2) is 0 Å². The fraction of sp³-hybridized carbons (Fsp3) is 0.455. The monoisotopic (exact) mass is 357 g/mol. The molecule has 12 heteroatoms. The third-order valence-corrected chi connectivity index (χ3v) is 3.92. The van der Waals surface area contributed by atoms with Crippen molar-refractivity contribution in [3.8, 4) is 0 Å². The molecule has 1 saturated carbocycles. The zero-order valence-electron chi connectivity index (χ0n) is 12.2. The van der Waals surface area contributed by atoms with E-state index in [9.17, 15) is 9.59 Å². The maximum atomic E-state index is 11.2. The maximum absolute atomic E-state index is 11.2. The lowest BCUT2D eigenvalue weighted by Crippen LogP contribution is -2.25. The third kappa shape index (κ3) is 5.41. The Morgan fingerprint density at radius 3 is 2.13 bits per heavy atom. The van der Waals surface area contributed by atoms with E-state index in [1.807, 2.05) is 0 Å². The molecule has 1 aliphatic rings.